The zero-order chi connectivity index (χ0) is 19.9. The van der Waals surface area contributed by atoms with E-state index in [4.69, 9.17) is 16.3 Å². The Hall–Kier alpha value is -2.44. The summed E-state index contributed by atoms with van der Waals surface area (Å²) in [6.07, 6.45) is 0.919. The summed E-state index contributed by atoms with van der Waals surface area (Å²) in [6, 6.07) is 9.46. The molecule has 1 fully saturated rings. The Morgan fingerprint density at radius 1 is 1.29 bits per heavy atom. The first-order chi connectivity index (χ1) is 13.4. The molecule has 1 N–H and O–H groups in total. The second-order valence-corrected chi connectivity index (χ2v) is 7.59. The number of fused-ring (bicyclic) bond motifs is 1. The molecule has 2 aliphatic heterocycles. The third kappa shape index (κ3) is 3.38. The van der Waals surface area contributed by atoms with E-state index >= 15 is 0 Å². The lowest BCUT2D eigenvalue weighted by atomic mass is 9.92. The maximum atomic E-state index is 13.4. The van der Waals surface area contributed by atoms with Gasteiger partial charge in [-0.25, -0.2) is 4.39 Å². The number of aryl methyl sites for hydroxylation is 1. The molecule has 0 aliphatic carbocycles. The number of nitrogens with zero attached hydrogens (tertiary/aromatic N) is 1. The van der Waals surface area contributed by atoms with Gasteiger partial charge in [0.15, 0.2) is 5.78 Å². The van der Waals surface area contributed by atoms with Crippen LogP contribution in [-0.2, 0) is 22.4 Å². The van der Waals surface area contributed by atoms with Gasteiger partial charge in [-0.2, -0.15) is 0 Å². The zero-order valence-electron chi connectivity index (χ0n) is 15.1. The third-order valence-corrected chi connectivity index (χ3v) is 5.52. The zero-order valence-corrected chi connectivity index (χ0v) is 15.8. The van der Waals surface area contributed by atoms with Crippen LogP contribution in [0.4, 0.5) is 10.1 Å². The minimum Gasteiger partial charge on any atom is -0.493 e. The topological polar surface area (TPSA) is 66.8 Å². The van der Waals surface area contributed by atoms with Gasteiger partial charge in [0.2, 0.25) is 5.60 Å². The van der Waals surface area contributed by atoms with Gasteiger partial charge < -0.3 is 14.7 Å². The summed E-state index contributed by atoms with van der Waals surface area (Å²) in [7, 11) is 0. The summed E-state index contributed by atoms with van der Waals surface area (Å²) in [5.41, 5.74) is 0.153. The number of amides is 1. The molecule has 2 aromatic rings. The van der Waals surface area contributed by atoms with Gasteiger partial charge in [-0.3, -0.25) is 9.59 Å². The molecule has 0 aromatic heterocycles. The van der Waals surface area contributed by atoms with Gasteiger partial charge in [0.1, 0.15) is 11.6 Å². The highest BCUT2D eigenvalue weighted by atomic mass is 35.5. The summed E-state index contributed by atoms with van der Waals surface area (Å²) in [5.74, 6) is -0.869. The molecule has 2 heterocycles. The maximum Gasteiger partial charge on any atom is 0.266 e. The van der Waals surface area contributed by atoms with Crippen LogP contribution in [0.3, 0.4) is 0 Å². The third-order valence-electron chi connectivity index (χ3n) is 5.31. The van der Waals surface area contributed by atoms with E-state index in [-0.39, 0.29) is 30.8 Å². The van der Waals surface area contributed by atoms with Gasteiger partial charge in [0.25, 0.3) is 5.91 Å². The van der Waals surface area contributed by atoms with E-state index in [9.17, 15) is 19.1 Å². The number of benzene rings is 2. The van der Waals surface area contributed by atoms with Gasteiger partial charge >= 0.3 is 0 Å². The van der Waals surface area contributed by atoms with Gasteiger partial charge in [0.05, 0.1) is 6.61 Å². The summed E-state index contributed by atoms with van der Waals surface area (Å²) in [6.45, 7) is 0.867. The number of hydrogen-bond donors (Lipinski definition) is 1. The highest BCUT2D eigenvalue weighted by Gasteiger charge is 2.50. The average molecular weight is 404 g/mol. The molecule has 2 aliphatic rings. The second-order valence-electron chi connectivity index (χ2n) is 7.16. The number of aliphatic hydroxyl groups is 1. The highest BCUT2D eigenvalue weighted by molar-refractivity contribution is 6.30. The molecule has 4 rings (SSSR count). The lowest BCUT2D eigenvalue weighted by molar-refractivity contribution is -0.147. The SMILES string of the molecule is O=C(CCc1cc(F)cc(Cl)c1)[C@]1(O)CCN(c2ccc3c(c2)CCO3)C1=O. The Kier molecular flexibility index (Phi) is 4.85. The predicted octanol–water partition coefficient (Wildman–Crippen LogP) is 3.08. The number of halogens is 2. The fraction of sp³-hybridized carbons (Fsp3) is 0.333. The number of carbonyl (C=O) groups is 2. The maximum absolute atomic E-state index is 13.4. The normalized spacial score (nSPS) is 21.0. The molecule has 1 atom stereocenters. The number of Topliss-reactive ketones (excluding diaryl/α,β-unsaturated/α-hetero) is 1. The molecular formula is C21H19ClFNO4. The molecule has 1 amide bonds. The van der Waals surface area contributed by atoms with Crippen LogP contribution in [0.25, 0.3) is 0 Å². The fourth-order valence-electron chi connectivity index (χ4n) is 3.77. The average Bonchev–Trinajstić information content (AvgIpc) is 3.24. The van der Waals surface area contributed by atoms with E-state index in [0.29, 0.717) is 17.9 Å². The van der Waals surface area contributed by atoms with E-state index in [1.807, 2.05) is 6.07 Å². The molecule has 146 valence electrons. The molecule has 1 saturated heterocycles. The van der Waals surface area contributed by atoms with Crippen molar-refractivity contribution in [3.63, 3.8) is 0 Å². The molecule has 28 heavy (non-hydrogen) atoms. The Balaban J connectivity index is 1.47. The minimum absolute atomic E-state index is 0.0299. The highest BCUT2D eigenvalue weighted by Crippen LogP contribution is 2.34. The van der Waals surface area contributed by atoms with Crippen LogP contribution in [0.15, 0.2) is 36.4 Å². The van der Waals surface area contributed by atoms with Crippen LogP contribution in [0.5, 0.6) is 5.75 Å². The van der Waals surface area contributed by atoms with Crippen molar-refractivity contribution in [1.29, 1.82) is 0 Å². The molecule has 0 saturated carbocycles. The van der Waals surface area contributed by atoms with Crippen molar-refractivity contribution in [1.82, 2.24) is 0 Å². The molecular weight excluding hydrogens is 385 g/mol. The van der Waals surface area contributed by atoms with Gasteiger partial charge in [-0.05, 0) is 53.9 Å². The number of anilines is 1. The van der Waals surface area contributed by atoms with E-state index in [1.54, 1.807) is 18.2 Å². The lowest BCUT2D eigenvalue weighted by Gasteiger charge is -2.21. The van der Waals surface area contributed by atoms with E-state index in [1.165, 1.54) is 17.0 Å². The second kappa shape index (κ2) is 7.18. The van der Waals surface area contributed by atoms with Crippen LogP contribution in [-0.4, -0.2) is 35.5 Å². The van der Waals surface area contributed by atoms with Crippen molar-refractivity contribution in [2.75, 3.05) is 18.1 Å². The Bertz CT molecular complexity index is 943. The van der Waals surface area contributed by atoms with Crippen molar-refractivity contribution in [3.05, 3.63) is 58.4 Å². The van der Waals surface area contributed by atoms with E-state index < -0.39 is 23.1 Å². The van der Waals surface area contributed by atoms with Crippen molar-refractivity contribution >= 4 is 29.0 Å². The van der Waals surface area contributed by atoms with Crippen LogP contribution < -0.4 is 9.64 Å². The van der Waals surface area contributed by atoms with Crippen molar-refractivity contribution in [3.8, 4) is 5.75 Å². The Morgan fingerprint density at radius 3 is 2.89 bits per heavy atom. The molecule has 5 nitrogen and oxygen atoms in total. The Morgan fingerprint density at radius 2 is 2.11 bits per heavy atom. The van der Waals surface area contributed by atoms with Gasteiger partial charge in [0, 0.05) is 36.5 Å². The van der Waals surface area contributed by atoms with Crippen molar-refractivity contribution in [2.24, 2.45) is 0 Å². The summed E-state index contributed by atoms with van der Waals surface area (Å²) in [5, 5.41) is 11.0. The molecule has 0 spiro atoms. The lowest BCUT2D eigenvalue weighted by Crippen LogP contribution is -2.47. The monoisotopic (exact) mass is 403 g/mol. The largest absolute Gasteiger partial charge is 0.493 e. The summed E-state index contributed by atoms with van der Waals surface area (Å²) in [4.78, 5) is 26.9. The standard InChI is InChI=1S/C21H19ClFNO4/c22-15-9-13(10-16(23)12-15)1-4-19(25)21(27)6-7-24(20(21)26)17-2-3-18-14(11-17)5-8-28-18/h2-3,9-12,27H,1,4-8H2/t21-/m1/s1. The molecule has 7 heteroatoms. The molecule has 2 aromatic carbocycles. The minimum atomic E-state index is -2.05. The number of ether oxygens (including phenoxy) is 1. The quantitative estimate of drug-likeness (QED) is 0.779. The number of rotatable bonds is 5. The molecule has 0 unspecified atom stereocenters. The van der Waals surface area contributed by atoms with Crippen molar-refractivity contribution < 1.29 is 23.8 Å². The van der Waals surface area contributed by atoms with E-state index in [0.717, 1.165) is 17.7 Å². The van der Waals surface area contributed by atoms with Gasteiger partial charge in [-0.15, -0.1) is 0 Å². The van der Waals surface area contributed by atoms with Crippen LogP contribution >= 0.6 is 11.6 Å². The summed E-state index contributed by atoms with van der Waals surface area (Å²) >= 11 is 5.83. The fourth-order valence-corrected chi connectivity index (χ4v) is 4.02. The molecule has 0 radical (unpaired) electrons. The predicted molar refractivity (Wildman–Crippen MR) is 102 cm³/mol. The number of ketones is 1. The first-order valence-corrected chi connectivity index (χ1v) is 9.53. The number of carbonyl (C=O) groups excluding carboxylic acids is 2. The molecule has 0 bridgehead atoms. The first-order valence-electron chi connectivity index (χ1n) is 9.15. The van der Waals surface area contributed by atoms with Gasteiger partial charge in [-0.1, -0.05) is 11.6 Å². The summed E-state index contributed by atoms with van der Waals surface area (Å²) < 4.78 is 18.9. The first kappa shape index (κ1) is 18.9. The van der Waals surface area contributed by atoms with Crippen LogP contribution in [0, 0.1) is 5.82 Å². The van der Waals surface area contributed by atoms with E-state index in [2.05, 4.69) is 0 Å². The van der Waals surface area contributed by atoms with Crippen LogP contribution in [0.2, 0.25) is 5.02 Å². The Labute approximate surface area is 166 Å². The smallest absolute Gasteiger partial charge is 0.266 e. The van der Waals surface area contributed by atoms with Crippen molar-refractivity contribution in [2.45, 2.75) is 31.3 Å². The van der Waals surface area contributed by atoms with Crippen LogP contribution in [0.1, 0.15) is 24.0 Å². The number of hydrogen-bond acceptors (Lipinski definition) is 4.